The van der Waals surface area contributed by atoms with E-state index in [2.05, 4.69) is 18.6 Å². The van der Waals surface area contributed by atoms with Crippen molar-refractivity contribution >= 4 is 18.3 Å². The first-order chi connectivity index (χ1) is 2.89. The average Bonchev–Trinajstić information content (AvgIpc) is 1.86. The predicted molar refractivity (Wildman–Crippen MR) is 30.8 cm³/mol. The molecule has 0 N–H and O–H groups in total. The van der Waals surface area contributed by atoms with Gasteiger partial charge in [-0.15, -0.1) is 0 Å². The molecule has 1 rings (SSSR count). The highest BCUT2D eigenvalue weighted by atomic mass is 32.2. The molecule has 0 unspecified atom stereocenters. The van der Waals surface area contributed by atoms with E-state index in [9.17, 15) is 0 Å². The topological polar surface area (TPSA) is 3.24 Å². The number of nitrogens with zero attached hydrogens (tertiary/aromatic N) is 1. The molecule has 0 spiro atoms. The molecule has 1 fully saturated rings. The van der Waals surface area contributed by atoms with Crippen LogP contribution >= 0.6 is 11.6 Å². The first kappa shape index (κ1) is 4.53. The van der Waals surface area contributed by atoms with Crippen LogP contribution in [0.25, 0.3) is 0 Å². The molecule has 1 saturated heterocycles. The maximum Gasteiger partial charge on any atom is 0.288 e. The lowest BCUT2D eigenvalue weighted by atomic mass is 10.3. The van der Waals surface area contributed by atoms with Crippen LogP contribution in [0.5, 0.6) is 0 Å². The number of hydrogen-bond donors (Lipinski definition) is 0. The highest BCUT2D eigenvalue weighted by Gasteiger charge is 2.06. The molecule has 0 aromatic heterocycles. The molecule has 0 amide bonds. The van der Waals surface area contributed by atoms with E-state index in [0.717, 1.165) is 0 Å². The summed E-state index contributed by atoms with van der Waals surface area (Å²) in [5, 5.41) is 0. The van der Waals surface area contributed by atoms with E-state index in [-0.39, 0.29) is 0 Å². The van der Waals surface area contributed by atoms with Crippen LogP contribution in [0.1, 0.15) is 0 Å². The molecular formula is C3H7BNS. The van der Waals surface area contributed by atoms with Gasteiger partial charge in [0, 0.05) is 0 Å². The van der Waals surface area contributed by atoms with E-state index in [1.165, 1.54) is 12.3 Å². The second-order valence-corrected chi connectivity index (χ2v) is 2.41. The van der Waals surface area contributed by atoms with Gasteiger partial charge in [-0.3, -0.25) is 0 Å². The Morgan fingerprint density at radius 1 is 1.83 bits per heavy atom. The Balaban J connectivity index is 2.18. The van der Waals surface area contributed by atoms with Gasteiger partial charge in [-0.05, 0) is 19.3 Å². The van der Waals surface area contributed by atoms with E-state index in [4.69, 9.17) is 0 Å². The van der Waals surface area contributed by atoms with Crippen LogP contribution in [0.2, 0.25) is 0 Å². The fourth-order valence-electron chi connectivity index (χ4n) is 0.429. The molecule has 1 aliphatic rings. The van der Waals surface area contributed by atoms with Crippen molar-refractivity contribution in [2.45, 2.75) is 0 Å². The Bertz CT molecular complexity index is 44.1. The van der Waals surface area contributed by atoms with Gasteiger partial charge >= 0.3 is 0 Å². The molecule has 0 atom stereocenters. The molecule has 1 radical (unpaired) electrons. The maximum atomic E-state index is 2.20. The van der Waals surface area contributed by atoms with Gasteiger partial charge in [0.25, 0.3) is 6.69 Å². The molecule has 1 aliphatic heterocycles. The lowest BCUT2D eigenvalue weighted by Gasteiger charge is -1.98. The van der Waals surface area contributed by atoms with Crippen molar-refractivity contribution in [2.24, 2.45) is 0 Å². The predicted octanol–water partition coefficient (Wildman–Crippen LogP) is 0.199. The minimum Gasteiger partial charge on any atom is -0.339 e. The Kier molecular flexibility index (Phi) is 1.43. The lowest BCUT2D eigenvalue weighted by molar-refractivity contribution is 0.593. The van der Waals surface area contributed by atoms with Crippen LogP contribution in [-0.4, -0.2) is 30.8 Å². The first-order valence-electron chi connectivity index (χ1n) is 2.05. The van der Waals surface area contributed by atoms with Gasteiger partial charge in [-0.1, -0.05) is 0 Å². The van der Waals surface area contributed by atoms with Crippen LogP contribution in [0.4, 0.5) is 0 Å². The quantitative estimate of drug-likeness (QED) is 0.400. The zero-order valence-electron chi connectivity index (χ0n) is 3.85. The molecule has 0 saturated carbocycles. The summed E-state index contributed by atoms with van der Waals surface area (Å²) in [6.07, 6.45) is 0. The van der Waals surface area contributed by atoms with Crippen LogP contribution in [0.3, 0.4) is 0 Å². The standard InChI is InChI=1S/C3H7BNS/c1-5-2-3-6-4-5/h2-3H2,1H3. The van der Waals surface area contributed by atoms with Crippen molar-refractivity contribution < 1.29 is 0 Å². The Morgan fingerprint density at radius 2 is 2.67 bits per heavy atom. The molecule has 6 heavy (non-hydrogen) atoms. The van der Waals surface area contributed by atoms with Gasteiger partial charge in [0.05, 0.1) is 0 Å². The third-order valence-electron chi connectivity index (χ3n) is 0.816. The van der Waals surface area contributed by atoms with Gasteiger partial charge in [0.1, 0.15) is 0 Å². The zero-order chi connectivity index (χ0) is 4.41. The van der Waals surface area contributed by atoms with Crippen molar-refractivity contribution in [2.75, 3.05) is 19.3 Å². The molecule has 3 heteroatoms. The van der Waals surface area contributed by atoms with Crippen LogP contribution in [0.15, 0.2) is 0 Å². The summed E-state index contributed by atoms with van der Waals surface area (Å²) in [6, 6.07) is 0. The molecule has 1 heterocycles. The maximum absolute atomic E-state index is 2.20. The van der Waals surface area contributed by atoms with Gasteiger partial charge < -0.3 is 4.81 Å². The summed E-state index contributed by atoms with van der Waals surface area (Å²) in [5.74, 6) is 1.27. The van der Waals surface area contributed by atoms with Crippen LogP contribution < -0.4 is 0 Å². The Morgan fingerprint density at radius 3 is 2.83 bits per heavy atom. The lowest BCUT2D eigenvalue weighted by Crippen LogP contribution is -2.14. The SMILES string of the molecule is CN1[B]SCC1. The minimum absolute atomic E-state index is 1.23. The molecule has 0 bridgehead atoms. The fraction of sp³-hybridized carbons (Fsp3) is 1.00. The zero-order valence-corrected chi connectivity index (χ0v) is 4.66. The molecule has 0 aromatic carbocycles. The van der Waals surface area contributed by atoms with Gasteiger partial charge in [0.15, 0.2) is 0 Å². The Hall–Kier alpha value is 0.375. The molecule has 33 valence electrons. The average molecular weight is 100.0 g/mol. The molecule has 0 aromatic rings. The number of rotatable bonds is 0. The second-order valence-electron chi connectivity index (χ2n) is 1.46. The van der Waals surface area contributed by atoms with E-state index < -0.39 is 0 Å². The van der Waals surface area contributed by atoms with Gasteiger partial charge in [-0.25, -0.2) is 0 Å². The van der Waals surface area contributed by atoms with Crippen molar-refractivity contribution in [1.29, 1.82) is 0 Å². The summed E-state index contributed by atoms with van der Waals surface area (Å²) in [6.45, 7) is 3.38. The smallest absolute Gasteiger partial charge is 0.288 e. The molecule has 1 nitrogen and oxygen atoms in total. The highest BCUT2D eigenvalue weighted by Crippen LogP contribution is 2.06. The van der Waals surface area contributed by atoms with E-state index in [1.54, 1.807) is 0 Å². The summed E-state index contributed by atoms with van der Waals surface area (Å²) in [4.78, 5) is 2.20. The normalized spacial score (nSPS) is 24.2. The van der Waals surface area contributed by atoms with Gasteiger partial charge in [0.2, 0.25) is 0 Å². The monoisotopic (exact) mass is 100 g/mol. The van der Waals surface area contributed by atoms with E-state index >= 15 is 0 Å². The van der Waals surface area contributed by atoms with E-state index in [1.807, 2.05) is 11.6 Å². The first-order valence-corrected chi connectivity index (χ1v) is 3.09. The Labute approximate surface area is 43.3 Å². The van der Waals surface area contributed by atoms with Crippen molar-refractivity contribution in [3.05, 3.63) is 0 Å². The van der Waals surface area contributed by atoms with Crippen molar-refractivity contribution in [1.82, 2.24) is 4.81 Å². The van der Waals surface area contributed by atoms with Crippen LogP contribution in [0, 0.1) is 0 Å². The summed E-state index contributed by atoms with van der Waals surface area (Å²) in [5.41, 5.74) is 0. The third kappa shape index (κ3) is 0.916. The second kappa shape index (κ2) is 1.89. The molecular weight excluding hydrogens is 92.9 g/mol. The van der Waals surface area contributed by atoms with Crippen LogP contribution in [-0.2, 0) is 0 Å². The molecule has 0 aliphatic carbocycles. The largest absolute Gasteiger partial charge is 0.339 e. The van der Waals surface area contributed by atoms with Crippen molar-refractivity contribution in [3.63, 3.8) is 0 Å². The van der Waals surface area contributed by atoms with E-state index in [0.29, 0.717) is 0 Å². The number of hydrogen-bond acceptors (Lipinski definition) is 2. The fourth-order valence-corrected chi connectivity index (χ4v) is 1.29. The minimum atomic E-state index is 1.23. The summed E-state index contributed by atoms with van der Waals surface area (Å²) >= 11 is 1.88. The van der Waals surface area contributed by atoms with Crippen molar-refractivity contribution in [3.8, 4) is 0 Å². The summed E-state index contributed by atoms with van der Waals surface area (Å²) < 4.78 is 0. The highest BCUT2D eigenvalue weighted by molar-refractivity contribution is 8.22. The third-order valence-corrected chi connectivity index (χ3v) is 1.74. The van der Waals surface area contributed by atoms with Gasteiger partial charge in [-0.2, -0.15) is 11.6 Å². The summed E-state index contributed by atoms with van der Waals surface area (Å²) in [7, 11) is 2.10.